The lowest BCUT2D eigenvalue weighted by atomic mass is 9.97. The molecule has 0 aliphatic heterocycles. The Balaban J connectivity index is 1.39. The Bertz CT molecular complexity index is 773. The highest BCUT2D eigenvalue weighted by Gasteiger charge is 2.06. The minimum Gasteiger partial charge on any atom is -0.484 e. The number of nitrogens with one attached hydrogen (secondary N) is 2. The number of anilines is 2. The molecule has 0 atom stereocenters. The van der Waals surface area contributed by atoms with Crippen LogP contribution in [0.3, 0.4) is 0 Å². The van der Waals surface area contributed by atoms with Crippen LogP contribution in [0.2, 0.25) is 5.02 Å². The van der Waals surface area contributed by atoms with E-state index in [1.807, 2.05) is 12.1 Å². The van der Waals surface area contributed by atoms with Gasteiger partial charge in [-0.15, -0.1) is 0 Å². The number of amides is 1. The zero-order valence-electron chi connectivity index (χ0n) is 15.2. The fourth-order valence-electron chi connectivity index (χ4n) is 2.93. The van der Waals surface area contributed by atoms with Crippen molar-refractivity contribution in [2.75, 3.05) is 23.8 Å². The molecule has 142 valence electrons. The maximum atomic E-state index is 12.0. The van der Waals surface area contributed by atoms with Crippen molar-refractivity contribution in [1.29, 1.82) is 0 Å². The molecule has 0 radical (unpaired) electrons. The van der Waals surface area contributed by atoms with Crippen LogP contribution in [0.25, 0.3) is 0 Å². The molecule has 2 N–H and O–H groups in total. The lowest BCUT2D eigenvalue weighted by Gasteiger charge is -2.13. The van der Waals surface area contributed by atoms with Gasteiger partial charge < -0.3 is 15.4 Å². The van der Waals surface area contributed by atoms with Crippen molar-refractivity contribution in [3.8, 4) is 5.75 Å². The van der Waals surface area contributed by atoms with Crippen molar-refractivity contribution in [3.05, 3.63) is 59.3 Å². The molecule has 1 amide bonds. The standard InChI is InChI=1S/C21H24ClN3O2/c22-17-6-9-19(10-7-17)27-15-21(26)25-18-8-11-20(24-14-18)23-13-12-16-4-2-1-3-5-16/h4,6-11,14H,1-3,5,12-13,15H2,(H,23,24)(H,25,26). The monoisotopic (exact) mass is 385 g/mol. The van der Waals surface area contributed by atoms with Gasteiger partial charge in [-0.05, 0) is 68.5 Å². The maximum absolute atomic E-state index is 12.0. The van der Waals surface area contributed by atoms with E-state index in [1.54, 1.807) is 36.0 Å². The Kier molecular flexibility index (Phi) is 7.11. The van der Waals surface area contributed by atoms with Crippen LogP contribution in [-0.2, 0) is 4.79 Å². The van der Waals surface area contributed by atoms with Crippen molar-refractivity contribution in [2.24, 2.45) is 0 Å². The third-order valence-corrected chi connectivity index (χ3v) is 4.62. The minimum atomic E-state index is -0.239. The molecule has 0 spiro atoms. The van der Waals surface area contributed by atoms with E-state index in [9.17, 15) is 4.79 Å². The fourth-order valence-corrected chi connectivity index (χ4v) is 3.06. The van der Waals surface area contributed by atoms with E-state index in [0.717, 1.165) is 18.8 Å². The van der Waals surface area contributed by atoms with E-state index in [0.29, 0.717) is 16.5 Å². The zero-order valence-corrected chi connectivity index (χ0v) is 16.0. The summed E-state index contributed by atoms with van der Waals surface area (Å²) < 4.78 is 5.42. The highest BCUT2D eigenvalue weighted by molar-refractivity contribution is 6.30. The number of carbonyl (C=O) groups is 1. The van der Waals surface area contributed by atoms with Gasteiger partial charge in [-0.1, -0.05) is 23.3 Å². The number of aromatic nitrogens is 1. The number of allylic oxidation sites excluding steroid dienone is 1. The van der Waals surface area contributed by atoms with Crippen molar-refractivity contribution >= 4 is 29.0 Å². The van der Waals surface area contributed by atoms with Gasteiger partial charge in [0.05, 0.1) is 11.9 Å². The van der Waals surface area contributed by atoms with Crippen LogP contribution >= 0.6 is 11.6 Å². The molecule has 5 nitrogen and oxygen atoms in total. The van der Waals surface area contributed by atoms with Crippen LogP contribution in [0.15, 0.2) is 54.2 Å². The largest absolute Gasteiger partial charge is 0.484 e. The van der Waals surface area contributed by atoms with Gasteiger partial charge in [0.15, 0.2) is 6.61 Å². The predicted molar refractivity (Wildman–Crippen MR) is 109 cm³/mol. The number of nitrogens with zero attached hydrogens (tertiary/aromatic N) is 1. The van der Waals surface area contributed by atoms with Crippen LogP contribution < -0.4 is 15.4 Å². The van der Waals surface area contributed by atoms with Gasteiger partial charge in [0.25, 0.3) is 5.91 Å². The summed E-state index contributed by atoms with van der Waals surface area (Å²) in [6.45, 7) is 0.802. The highest BCUT2D eigenvalue weighted by atomic mass is 35.5. The number of hydrogen-bond donors (Lipinski definition) is 2. The van der Waals surface area contributed by atoms with E-state index in [4.69, 9.17) is 16.3 Å². The van der Waals surface area contributed by atoms with Crippen LogP contribution in [-0.4, -0.2) is 24.0 Å². The molecular weight excluding hydrogens is 362 g/mol. The molecule has 1 aliphatic rings. The zero-order chi connectivity index (χ0) is 18.9. The van der Waals surface area contributed by atoms with Gasteiger partial charge in [-0.2, -0.15) is 0 Å². The van der Waals surface area contributed by atoms with Crippen LogP contribution in [0.4, 0.5) is 11.5 Å². The SMILES string of the molecule is O=C(COc1ccc(Cl)cc1)Nc1ccc(NCCC2=CCCCC2)nc1. The molecular formula is C21H24ClN3O2. The molecule has 0 saturated heterocycles. The van der Waals surface area contributed by atoms with E-state index >= 15 is 0 Å². The summed E-state index contributed by atoms with van der Waals surface area (Å²) in [6, 6.07) is 10.6. The molecule has 2 aromatic rings. The Morgan fingerprint density at radius 1 is 1.15 bits per heavy atom. The van der Waals surface area contributed by atoms with Gasteiger partial charge in [-0.3, -0.25) is 4.79 Å². The summed E-state index contributed by atoms with van der Waals surface area (Å²) in [5.41, 5.74) is 2.18. The molecule has 0 saturated carbocycles. The van der Waals surface area contributed by atoms with E-state index in [-0.39, 0.29) is 12.5 Å². The van der Waals surface area contributed by atoms with E-state index < -0.39 is 0 Å². The first-order chi connectivity index (χ1) is 13.2. The smallest absolute Gasteiger partial charge is 0.262 e. The fraction of sp³-hybridized carbons (Fsp3) is 0.333. The molecule has 1 aliphatic carbocycles. The number of rotatable bonds is 8. The summed E-state index contributed by atoms with van der Waals surface area (Å²) in [4.78, 5) is 16.3. The third-order valence-electron chi connectivity index (χ3n) is 4.37. The molecule has 0 unspecified atom stereocenters. The number of halogens is 1. The molecule has 1 heterocycles. The van der Waals surface area contributed by atoms with E-state index in [1.165, 1.54) is 25.7 Å². The summed E-state index contributed by atoms with van der Waals surface area (Å²) >= 11 is 5.82. The summed E-state index contributed by atoms with van der Waals surface area (Å²) in [7, 11) is 0. The van der Waals surface area contributed by atoms with Crippen LogP contribution in [0.1, 0.15) is 32.1 Å². The second-order valence-electron chi connectivity index (χ2n) is 6.51. The first-order valence-corrected chi connectivity index (χ1v) is 9.63. The maximum Gasteiger partial charge on any atom is 0.262 e. The van der Waals surface area contributed by atoms with Crippen molar-refractivity contribution in [2.45, 2.75) is 32.1 Å². The van der Waals surface area contributed by atoms with Gasteiger partial charge in [0.1, 0.15) is 11.6 Å². The normalized spacial score (nSPS) is 13.6. The first kappa shape index (κ1) is 19.2. The predicted octanol–water partition coefficient (Wildman–Crippen LogP) is 5.05. The summed E-state index contributed by atoms with van der Waals surface area (Å²) in [6.07, 6.45) is 10.1. The lowest BCUT2D eigenvalue weighted by molar-refractivity contribution is -0.118. The van der Waals surface area contributed by atoms with Crippen LogP contribution in [0.5, 0.6) is 5.75 Å². The number of ether oxygens (including phenoxy) is 1. The molecule has 0 fully saturated rings. The Morgan fingerprint density at radius 3 is 2.70 bits per heavy atom. The number of benzene rings is 1. The second-order valence-corrected chi connectivity index (χ2v) is 6.94. The Hall–Kier alpha value is -2.53. The van der Waals surface area contributed by atoms with Gasteiger partial charge in [0.2, 0.25) is 0 Å². The Morgan fingerprint density at radius 2 is 2.00 bits per heavy atom. The molecule has 1 aromatic carbocycles. The van der Waals surface area contributed by atoms with Crippen molar-refractivity contribution in [1.82, 2.24) is 4.98 Å². The third kappa shape index (κ3) is 6.61. The lowest BCUT2D eigenvalue weighted by Crippen LogP contribution is -2.20. The van der Waals surface area contributed by atoms with Crippen LogP contribution in [0, 0.1) is 0 Å². The average molecular weight is 386 g/mol. The first-order valence-electron chi connectivity index (χ1n) is 9.25. The second kappa shape index (κ2) is 9.97. The number of hydrogen-bond acceptors (Lipinski definition) is 4. The van der Waals surface area contributed by atoms with Gasteiger partial charge in [-0.25, -0.2) is 4.98 Å². The van der Waals surface area contributed by atoms with Gasteiger partial charge in [0, 0.05) is 11.6 Å². The molecule has 1 aromatic heterocycles. The summed E-state index contributed by atoms with van der Waals surface area (Å²) in [5, 5.41) is 6.72. The Labute approximate surface area is 164 Å². The van der Waals surface area contributed by atoms with Crippen molar-refractivity contribution in [3.63, 3.8) is 0 Å². The minimum absolute atomic E-state index is 0.0727. The molecule has 6 heteroatoms. The quantitative estimate of drug-likeness (QED) is 0.624. The molecule has 0 bridgehead atoms. The van der Waals surface area contributed by atoms with Gasteiger partial charge >= 0.3 is 0 Å². The summed E-state index contributed by atoms with van der Waals surface area (Å²) in [5.74, 6) is 1.17. The highest BCUT2D eigenvalue weighted by Crippen LogP contribution is 2.20. The average Bonchev–Trinajstić information content (AvgIpc) is 2.70. The van der Waals surface area contributed by atoms with E-state index in [2.05, 4.69) is 21.7 Å². The topological polar surface area (TPSA) is 63.2 Å². The number of pyridine rings is 1. The van der Waals surface area contributed by atoms with Crippen molar-refractivity contribution < 1.29 is 9.53 Å². The molecule has 3 rings (SSSR count). The molecule has 27 heavy (non-hydrogen) atoms. The number of carbonyl (C=O) groups excluding carboxylic acids is 1.